The molecule has 2 amide bonds. The summed E-state index contributed by atoms with van der Waals surface area (Å²) in [5, 5.41) is 9.53. The van der Waals surface area contributed by atoms with Crippen molar-refractivity contribution < 1.29 is 14.1 Å². The predicted molar refractivity (Wildman–Crippen MR) is 103 cm³/mol. The lowest BCUT2D eigenvalue weighted by Crippen LogP contribution is -2.35. The number of nitrogens with one attached hydrogen (secondary N) is 2. The third-order valence-corrected chi connectivity index (χ3v) is 4.12. The summed E-state index contributed by atoms with van der Waals surface area (Å²) in [6.07, 6.45) is 0. The molecule has 2 N–H and O–H groups in total. The van der Waals surface area contributed by atoms with Crippen molar-refractivity contribution in [1.29, 1.82) is 0 Å². The summed E-state index contributed by atoms with van der Waals surface area (Å²) in [4.78, 5) is 29.8. The van der Waals surface area contributed by atoms with Crippen LogP contribution in [0.4, 0.5) is 11.4 Å². The molecule has 0 radical (unpaired) electrons. The van der Waals surface area contributed by atoms with Crippen LogP contribution in [0.15, 0.2) is 28.8 Å². The van der Waals surface area contributed by atoms with E-state index < -0.39 is 0 Å². The maximum absolute atomic E-state index is 12.4. The van der Waals surface area contributed by atoms with Gasteiger partial charge in [-0.05, 0) is 37.7 Å². The third kappa shape index (κ3) is 5.89. The fraction of sp³-hybridized carbons (Fsp3) is 0.474. The molecule has 0 spiro atoms. The summed E-state index contributed by atoms with van der Waals surface area (Å²) in [5.41, 5.74) is 1.35. The van der Waals surface area contributed by atoms with Gasteiger partial charge in [-0.3, -0.25) is 14.5 Å². The Balaban J connectivity index is 1.96. The van der Waals surface area contributed by atoms with Crippen molar-refractivity contribution in [3.05, 3.63) is 36.0 Å². The second-order valence-corrected chi connectivity index (χ2v) is 6.69. The van der Waals surface area contributed by atoms with Crippen LogP contribution in [-0.2, 0) is 9.59 Å². The quantitative estimate of drug-likeness (QED) is 0.737. The van der Waals surface area contributed by atoms with Crippen LogP contribution in [0.5, 0.6) is 0 Å². The van der Waals surface area contributed by atoms with E-state index in [1.807, 2.05) is 32.6 Å². The van der Waals surface area contributed by atoms with E-state index in [-0.39, 0.29) is 30.3 Å². The standard InChI is InChI=1S/C19H27N5O3/c1-6-24(13(4)19-22-18(12(2)3)23-27-19)11-17(26)21-16-9-7-15(8-10-16)20-14(5)25/h7-10,12-13H,6,11H2,1-5H3,(H,20,25)(H,21,26). The van der Waals surface area contributed by atoms with Gasteiger partial charge < -0.3 is 15.2 Å². The van der Waals surface area contributed by atoms with Gasteiger partial charge in [-0.25, -0.2) is 0 Å². The van der Waals surface area contributed by atoms with Crippen LogP contribution in [0, 0.1) is 0 Å². The van der Waals surface area contributed by atoms with Crippen molar-refractivity contribution in [3.8, 4) is 0 Å². The second-order valence-electron chi connectivity index (χ2n) is 6.69. The zero-order valence-electron chi connectivity index (χ0n) is 16.4. The van der Waals surface area contributed by atoms with Crippen LogP contribution >= 0.6 is 0 Å². The van der Waals surface area contributed by atoms with Crippen LogP contribution in [0.1, 0.15) is 58.3 Å². The van der Waals surface area contributed by atoms with Crippen LogP contribution in [0.3, 0.4) is 0 Å². The molecule has 0 saturated carbocycles. The number of likely N-dealkylation sites (N-methyl/N-ethyl adjacent to an activating group) is 1. The van der Waals surface area contributed by atoms with Gasteiger partial charge in [0.15, 0.2) is 5.82 Å². The lowest BCUT2D eigenvalue weighted by molar-refractivity contribution is -0.118. The van der Waals surface area contributed by atoms with Gasteiger partial charge in [-0.1, -0.05) is 25.9 Å². The van der Waals surface area contributed by atoms with Crippen LogP contribution in [0.2, 0.25) is 0 Å². The van der Waals surface area contributed by atoms with Gasteiger partial charge in [0.05, 0.1) is 12.6 Å². The molecule has 2 rings (SSSR count). The summed E-state index contributed by atoms with van der Waals surface area (Å²) < 4.78 is 5.35. The first kappa shape index (κ1) is 20.6. The molecule has 27 heavy (non-hydrogen) atoms. The second kappa shape index (κ2) is 9.27. The summed E-state index contributed by atoms with van der Waals surface area (Å²) in [7, 11) is 0. The molecule has 0 fully saturated rings. The minimum atomic E-state index is -0.164. The molecule has 1 aromatic carbocycles. The molecule has 1 unspecified atom stereocenters. The lowest BCUT2D eigenvalue weighted by atomic mass is 10.2. The van der Waals surface area contributed by atoms with Gasteiger partial charge >= 0.3 is 0 Å². The molecule has 1 heterocycles. The van der Waals surface area contributed by atoms with Crippen molar-refractivity contribution in [2.24, 2.45) is 0 Å². The topological polar surface area (TPSA) is 100 Å². The van der Waals surface area contributed by atoms with Crippen LogP contribution in [-0.4, -0.2) is 39.9 Å². The molecule has 2 aromatic rings. The molecule has 0 saturated heterocycles. The number of carbonyl (C=O) groups excluding carboxylic acids is 2. The van der Waals surface area contributed by atoms with E-state index >= 15 is 0 Å². The molecule has 1 aromatic heterocycles. The smallest absolute Gasteiger partial charge is 0.243 e. The zero-order chi connectivity index (χ0) is 20.0. The Kier molecular flexibility index (Phi) is 7.06. The molecule has 8 heteroatoms. The molecular formula is C19H27N5O3. The van der Waals surface area contributed by atoms with Gasteiger partial charge in [-0.2, -0.15) is 4.98 Å². The van der Waals surface area contributed by atoms with Gasteiger partial charge in [0, 0.05) is 24.2 Å². The molecule has 0 aliphatic carbocycles. The number of hydrogen-bond donors (Lipinski definition) is 2. The van der Waals surface area contributed by atoms with E-state index in [1.54, 1.807) is 24.3 Å². The average molecular weight is 373 g/mol. The van der Waals surface area contributed by atoms with E-state index in [0.29, 0.717) is 29.6 Å². The van der Waals surface area contributed by atoms with E-state index in [0.717, 1.165) is 0 Å². The van der Waals surface area contributed by atoms with E-state index in [9.17, 15) is 9.59 Å². The zero-order valence-corrected chi connectivity index (χ0v) is 16.4. The Morgan fingerprint density at radius 3 is 2.19 bits per heavy atom. The first-order valence-corrected chi connectivity index (χ1v) is 9.05. The fourth-order valence-electron chi connectivity index (χ4n) is 2.56. The monoisotopic (exact) mass is 373 g/mol. The summed E-state index contributed by atoms with van der Waals surface area (Å²) in [6, 6.07) is 6.81. The molecule has 8 nitrogen and oxygen atoms in total. The number of amides is 2. The van der Waals surface area contributed by atoms with Gasteiger partial charge in [-0.15, -0.1) is 0 Å². The van der Waals surface area contributed by atoms with Crippen molar-refractivity contribution in [2.45, 2.75) is 46.6 Å². The van der Waals surface area contributed by atoms with Crippen LogP contribution < -0.4 is 10.6 Å². The third-order valence-electron chi connectivity index (χ3n) is 4.12. The minimum Gasteiger partial charge on any atom is -0.338 e. The number of aromatic nitrogens is 2. The first-order valence-electron chi connectivity index (χ1n) is 9.05. The van der Waals surface area contributed by atoms with Gasteiger partial charge in [0.25, 0.3) is 0 Å². The number of carbonyl (C=O) groups is 2. The Hall–Kier alpha value is -2.74. The average Bonchev–Trinajstić information content (AvgIpc) is 3.11. The molecule has 0 bridgehead atoms. The van der Waals surface area contributed by atoms with E-state index in [1.165, 1.54) is 6.92 Å². The van der Waals surface area contributed by atoms with Crippen molar-refractivity contribution in [3.63, 3.8) is 0 Å². The number of benzene rings is 1. The van der Waals surface area contributed by atoms with E-state index in [2.05, 4.69) is 20.8 Å². The van der Waals surface area contributed by atoms with Crippen molar-refractivity contribution in [2.75, 3.05) is 23.7 Å². The maximum atomic E-state index is 12.4. The Bertz CT molecular complexity index is 770. The Labute approximate surface area is 159 Å². The SMILES string of the molecule is CCN(CC(=O)Nc1ccc(NC(C)=O)cc1)C(C)c1nc(C(C)C)no1. The highest BCUT2D eigenvalue weighted by Crippen LogP contribution is 2.20. The predicted octanol–water partition coefficient (Wildman–Crippen LogP) is 3.17. The fourth-order valence-corrected chi connectivity index (χ4v) is 2.56. The normalized spacial score (nSPS) is 12.3. The number of hydrogen-bond acceptors (Lipinski definition) is 6. The highest BCUT2D eigenvalue weighted by Gasteiger charge is 2.23. The molecule has 0 aliphatic heterocycles. The Morgan fingerprint density at radius 1 is 1.11 bits per heavy atom. The van der Waals surface area contributed by atoms with E-state index in [4.69, 9.17) is 4.52 Å². The molecule has 146 valence electrons. The largest absolute Gasteiger partial charge is 0.338 e. The lowest BCUT2D eigenvalue weighted by Gasteiger charge is -2.24. The number of nitrogens with zero attached hydrogens (tertiary/aromatic N) is 3. The summed E-state index contributed by atoms with van der Waals surface area (Å²) >= 11 is 0. The van der Waals surface area contributed by atoms with Gasteiger partial charge in [0.1, 0.15) is 0 Å². The first-order chi connectivity index (χ1) is 12.8. The summed E-state index contributed by atoms with van der Waals surface area (Å²) in [5.74, 6) is 1.08. The van der Waals surface area contributed by atoms with Crippen molar-refractivity contribution >= 4 is 23.2 Å². The highest BCUT2D eigenvalue weighted by atomic mass is 16.5. The van der Waals surface area contributed by atoms with Crippen LogP contribution in [0.25, 0.3) is 0 Å². The highest BCUT2D eigenvalue weighted by molar-refractivity contribution is 5.93. The summed E-state index contributed by atoms with van der Waals surface area (Å²) in [6.45, 7) is 10.2. The molecular weight excluding hydrogens is 346 g/mol. The number of anilines is 2. The molecule has 1 atom stereocenters. The maximum Gasteiger partial charge on any atom is 0.243 e. The molecule has 0 aliphatic rings. The Morgan fingerprint density at radius 2 is 1.70 bits per heavy atom. The van der Waals surface area contributed by atoms with Gasteiger partial charge in [0.2, 0.25) is 17.7 Å². The van der Waals surface area contributed by atoms with Crippen molar-refractivity contribution in [1.82, 2.24) is 15.0 Å². The minimum absolute atomic E-state index is 0.138. The number of rotatable bonds is 8.